The van der Waals surface area contributed by atoms with Crippen LogP contribution in [0, 0.1) is 0 Å². The van der Waals surface area contributed by atoms with Gasteiger partial charge < -0.3 is 25.3 Å². The van der Waals surface area contributed by atoms with E-state index in [1.807, 2.05) is 0 Å². The van der Waals surface area contributed by atoms with Crippen LogP contribution in [0.2, 0.25) is 0 Å². The highest BCUT2D eigenvalue weighted by Crippen LogP contribution is 1.95. The first-order chi connectivity index (χ1) is 8.65. The fraction of sp³-hybridized carbons (Fsp3) is 0.455. The van der Waals surface area contributed by atoms with Gasteiger partial charge in [0.1, 0.15) is 6.61 Å². The van der Waals surface area contributed by atoms with E-state index in [2.05, 4.69) is 10.3 Å². The molecule has 1 rings (SSSR count). The number of aromatic nitrogens is 1. The number of hydrogen-bond donors (Lipinski definition) is 4. The Balaban J connectivity index is 2.29. The van der Waals surface area contributed by atoms with Gasteiger partial charge in [0.25, 0.3) is 0 Å². The Labute approximate surface area is 103 Å². The average molecular weight is 256 g/mol. The van der Waals surface area contributed by atoms with Crippen LogP contribution >= 0.6 is 0 Å². The van der Waals surface area contributed by atoms with E-state index in [4.69, 9.17) is 14.9 Å². The van der Waals surface area contributed by atoms with Crippen LogP contribution in [0.1, 0.15) is 5.56 Å². The maximum absolute atomic E-state index is 11.3. The summed E-state index contributed by atoms with van der Waals surface area (Å²) in [6.07, 6.45) is 1.49. The molecule has 0 aliphatic heterocycles. The molecular formula is C11H16N2O5. The standard InChI is InChI=1S/C11H16N2O5/c14-4-9(5-15)13-11(17)7-18-6-8-1-2-12-10(16)3-8/h1-3,9,14-15H,4-7H2,(H,12,16)(H,13,17). The molecule has 100 valence electrons. The number of H-pyrrole nitrogens is 1. The number of carbonyl (C=O) groups is 1. The number of aliphatic hydroxyl groups excluding tert-OH is 2. The topological polar surface area (TPSA) is 112 Å². The maximum Gasteiger partial charge on any atom is 0.248 e. The molecule has 1 amide bonds. The van der Waals surface area contributed by atoms with Crippen LogP contribution < -0.4 is 10.9 Å². The molecule has 4 N–H and O–H groups in total. The van der Waals surface area contributed by atoms with Gasteiger partial charge in [-0.15, -0.1) is 0 Å². The molecule has 7 nitrogen and oxygen atoms in total. The fourth-order valence-corrected chi connectivity index (χ4v) is 1.26. The molecular weight excluding hydrogens is 240 g/mol. The van der Waals surface area contributed by atoms with E-state index in [-0.39, 0.29) is 32.0 Å². The van der Waals surface area contributed by atoms with Gasteiger partial charge in [-0.05, 0) is 11.6 Å². The number of nitrogens with one attached hydrogen (secondary N) is 2. The highest BCUT2D eigenvalue weighted by atomic mass is 16.5. The molecule has 1 aromatic rings. The van der Waals surface area contributed by atoms with Gasteiger partial charge in [-0.1, -0.05) is 0 Å². The lowest BCUT2D eigenvalue weighted by molar-refractivity contribution is -0.127. The van der Waals surface area contributed by atoms with Gasteiger partial charge in [-0.25, -0.2) is 0 Å². The zero-order valence-corrected chi connectivity index (χ0v) is 9.76. The monoisotopic (exact) mass is 256 g/mol. The number of aliphatic hydroxyl groups is 2. The lowest BCUT2D eigenvalue weighted by Gasteiger charge is -2.13. The van der Waals surface area contributed by atoms with Crippen molar-refractivity contribution in [2.45, 2.75) is 12.6 Å². The van der Waals surface area contributed by atoms with E-state index in [1.165, 1.54) is 12.3 Å². The molecule has 0 saturated heterocycles. The van der Waals surface area contributed by atoms with Crippen molar-refractivity contribution in [3.8, 4) is 0 Å². The Hall–Kier alpha value is -1.70. The van der Waals surface area contributed by atoms with Crippen LogP contribution in [0.3, 0.4) is 0 Å². The van der Waals surface area contributed by atoms with E-state index in [9.17, 15) is 9.59 Å². The van der Waals surface area contributed by atoms with E-state index in [0.29, 0.717) is 5.56 Å². The second kappa shape index (κ2) is 7.59. The first kappa shape index (κ1) is 14.4. The third kappa shape index (κ3) is 5.09. The summed E-state index contributed by atoms with van der Waals surface area (Å²) in [4.78, 5) is 24.7. The Morgan fingerprint density at radius 2 is 2.17 bits per heavy atom. The number of aromatic amines is 1. The quantitative estimate of drug-likeness (QED) is 0.467. The molecule has 0 aliphatic rings. The number of carbonyl (C=O) groups excluding carboxylic acids is 1. The molecule has 1 aromatic heterocycles. The smallest absolute Gasteiger partial charge is 0.248 e. The highest BCUT2D eigenvalue weighted by Gasteiger charge is 2.09. The third-order valence-electron chi connectivity index (χ3n) is 2.15. The van der Waals surface area contributed by atoms with Crippen LogP contribution in [-0.4, -0.2) is 47.0 Å². The lowest BCUT2D eigenvalue weighted by Crippen LogP contribution is -2.41. The summed E-state index contributed by atoms with van der Waals surface area (Å²) in [5.41, 5.74) is 0.425. The molecule has 0 bridgehead atoms. The molecule has 0 unspecified atom stereocenters. The predicted molar refractivity (Wildman–Crippen MR) is 62.8 cm³/mol. The average Bonchev–Trinajstić information content (AvgIpc) is 2.36. The number of amides is 1. The van der Waals surface area contributed by atoms with E-state index < -0.39 is 11.9 Å². The SMILES string of the molecule is O=C(COCc1cc[nH]c(=O)c1)NC(CO)CO. The van der Waals surface area contributed by atoms with E-state index in [0.717, 1.165) is 0 Å². The van der Waals surface area contributed by atoms with Crippen LogP contribution in [0.25, 0.3) is 0 Å². The van der Waals surface area contributed by atoms with Crippen LogP contribution in [0.15, 0.2) is 23.1 Å². The molecule has 1 heterocycles. The molecule has 0 aromatic carbocycles. The molecule has 0 atom stereocenters. The molecule has 7 heteroatoms. The highest BCUT2D eigenvalue weighted by molar-refractivity contribution is 5.77. The summed E-state index contributed by atoms with van der Waals surface area (Å²) in [6, 6.07) is 2.37. The van der Waals surface area contributed by atoms with Crippen LogP contribution in [-0.2, 0) is 16.1 Å². The third-order valence-corrected chi connectivity index (χ3v) is 2.15. The number of rotatable bonds is 7. The largest absolute Gasteiger partial charge is 0.394 e. The Bertz CT molecular complexity index is 427. The van der Waals surface area contributed by atoms with E-state index >= 15 is 0 Å². The first-order valence-electron chi connectivity index (χ1n) is 5.42. The lowest BCUT2D eigenvalue weighted by atomic mass is 10.3. The molecule has 0 radical (unpaired) electrons. The fourth-order valence-electron chi connectivity index (χ4n) is 1.26. The van der Waals surface area contributed by atoms with Gasteiger partial charge in [-0.3, -0.25) is 9.59 Å². The molecule has 0 fully saturated rings. The summed E-state index contributed by atoms with van der Waals surface area (Å²) < 4.78 is 5.10. The van der Waals surface area contributed by atoms with Crippen molar-refractivity contribution >= 4 is 5.91 Å². The van der Waals surface area contributed by atoms with Gasteiger partial charge in [0.05, 0.1) is 25.9 Å². The summed E-state index contributed by atoms with van der Waals surface area (Å²) in [6.45, 7) is -0.740. The van der Waals surface area contributed by atoms with Crippen LogP contribution in [0.4, 0.5) is 0 Å². The summed E-state index contributed by atoms with van der Waals surface area (Å²) in [5, 5.41) is 19.9. The van der Waals surface area contributed by atoms with Gasteiger partial charge in [0.2, 0.25) is 11.5 Å². The number of ether oxygens (including phenoxy) is 1. The van der Waals surface area contributed by atoms with E-state index in [1.54, 1.807) is 6.07 Å². The maximum atomic E-state index is 11.3. The summed E-state index contributed by atoms with van der Waals surface area (Å²) >= 11 is 0. The molecule has 18 heavy (non-hydrogen) atoms. The molecule has 0 aliphatic carbocycles. The van der Waals surface area contributed by atoms with Gasteiger partial charge >= 0.3 is 0 Å². The van der Waals surface area contributed by atoms with Crippen LogP contribution in [0.5, 0.6) is 0 Å². The summed E-state index contributed by atoms with van der Waals surface area (Å²) in [5.74, 6) is -0.437. The number of pyridine rings is 1. The van der Waals surface area contributed by atoms with Crippen molar-refractivity contribution < 1.29 is 19.7 Å². The van der Waals surface area contributed by atoms with Crippen molar-refractivity contribution in [1.82, 2.24) is 10.3 Å². The predicted octanol–water partition coefficient (Wildman–Crippen LogP) is -1.64. The molecule has 0 saturated carbocycles. The van der Waals surface area contributed by atoms with Crippen molar-refractivity contribution in [2.75, 3.05) is 19.8 Å². The minimum absolute atomic E-state index is 0.139. The van der Waals surface area contributed by atoms with Gasteiger partial charge in [0, 0.05) is 12.3 Å². The van der Waals surface area contributed by atoms with Gasteiger partial charge in [-0.2, -0.15) is 0 Å². The Kier molecular flexibility index (Phi) is 6.06. The zero-order valence-electron chi connectivity index (χ0n) is 9.76. The Morgan fingerprint density at radius 3 is 2.78 bits per heavy atom. The normalized spacial score (nSPS) is 10.6. The minimum atomic E-state index is -0.680. The second-order valence-electron chi connectivity index (χ2n) is 3.68. The van der Waals surface area contributed by atoms with Gasteiger partial charge in [0.15, 0.2) is 0 Å². The Morgan fingerprint density at radius 1 is 1.44 bits per heavy atom. The van der Waals surface area contributed by atoms with Crippen molar-refractivity contribution in [3.05, 3.63) is 34.2 Å². The van der Waals surface area contributed by atoms with Crippen molar-refractivity contribution in [1.29, 1.82) is 0 Å². The first-order valence-corrected chi connectivity index (χ1v) is 5.42. The molecule has 0 spiro atoms. The number of hydrogen-bond acceptors (Lipinski definition) is 5. The summed E-state index contributed by atoms with van der Waals surface area (Å²) in [7, 11) is 0. The second-order valence-corrected chi connectivity index (χ2v) is 3.68. The van der Waals surface area contributed by atoms with Crippen molar-refractivity contribution in [3.63, 3.8) is 0 Å². The zero-order chi connectivity index (χ0) is 13.4. The van der Waals surface area contributed by atoms with Crippen molar-refractivity contribution in [2.24, 2.45) is 0 Å². The minimum Gasteiger partial charge on any atom is -0.394 e.